The average molecular weight is 450 g/mol. The number of piperidine rings is 1. The van der Waals surface area contributed by atoms with Crippen LogP contribution in [0.1, 0.15) is 39.1 Å². The molecular weight excluding hydrogens is 426 g/mol. The van der Waals surface area contributed by atoms with Crippen molar-refractivity contribution in [2.45, 2.75) is 25.4 Å². The highest BCUT2D eigenvalue weighted by atomic mass is 19.1. The molecule has 1 aliphatic rings. The maximum Gasteiger partial charge on any atom is 0.253 e. The maximum atomic E-state index is 13.4. The monoisotopic (exact) mass is 450 g/mol. The third kappa shape index (κ3) is 5.71. The smallest absolute Gasteiger partial charge is 0.253 e. The molecule has 4 rings (SSSR count). The Bertz CT molecular complexity index is 1110. The Morgan fingerprint density at radius 3 is 2.39 bits per heavy atom. The van der Waals surface area contributed by atoms with Gasteiger partial charge < -0.3 is 15.5 Å². The molecule has 0 bridgehead atoms. The minimum Gasteiger partial charge on any atom is -0.371 e. The number of hydrogen-bond acceptors (Lipinski definition) is 4. The van der Waals surface area contributed by atoms with E-state index < -0.39 is 17.5 Å². The molecule has 2 amide bonds. The van der Waals surface area contributed by atoms with Crippen LogP contribution >= 0.6 is 0 Å². The molecular formula is C25H24F2N4O2. The first-order valence-corrected chi connectivity index (χ1v) is 10.8. The molecule has 0 spiro atoms. The van der Waals surface area contributed by atoms with Crippen LogP contribution in [0.15, 0.2) is 67.0 Å². The number of halogens is 2. The summed E-state index contributed by atoms with van der Waals surface area (Å²) >= 11 is 0. The Kier molecular flexibility index (Phi) is 6.92. The minimum absolute atomic E-state index is 0.0365. The molecule has 0 unspecified atom stereocenters. The number of hydrogen-bond donors (Lipinski definition) is 2. The van der Waals surface area contributed by atoms with Gasteiger partial charge in [0.15, 0.2) is 0 Å². The second kappa shape index (κ2) is 10.2. The molecule has 6 nitrogen and oxygen atoms in total. The predicted molar refractivity (Wildman–Crippen MR) is 121 cm³/mol. The number of nitrogens with one attached hydrogen (secondary N) is 2. The van der Waals surface area contributed by atoms with Crippen LogP contribution in [-0.4, -0.2) is 35.9 Å². The summed E-state index contributed by atoms with van der Waals surface area (Å²) < 4.78 is 26.8. The highest BCUT2D eigenvalue weighted by Crippen LogP contribution is 2.24. The standard InChI is InChI=1S/C25H24F2N4O2/c26-19-12-18(13-20(27)14-19)24(32)30-21-7-10-31(11-8-21)23-6-2-1-5-22(23)25(33)29-16-17-4-3-9-28-15-17/h1-6,9,12-15,21H,7-8,10-11,16H2,(H,29,33)(H,30,32). The van der Waals surface area contributed by atoms with Gasteiger partial charge in [0.05, 0.1) is 5.56 Å². The number of carbonyl (C=O) groups is 2. The highest BCUT2D eigenvalue weighted by molar-refractivity contribution is 5.99. The van der Waals surface area contributed by atoms with Crippen LogP contribution in [0.3, 0.4) is 0 Å². The van der Waals surface area contributed by atoms with Crippen molar-refractivity contribution < 1.29 is 18.4 Å². The van der Waals surface area contributed by atoms with E-state index in [9.17, 15) is 18.4 Å². The zero-order chi connectivity index (χ0) is 23.2. The van der Waals surface area contributed by atoms with Gasteiger partial charge in [-0.1, -0.05) is 18.2 Å². The number of pyridine rings is 1. The molecule has 0 radical (unpaired) electrons. The number of para-hydroxylation sites is 1. The van der Waals surface area contributed by atoms with Crippen LogP contribution in [-0.2, 0) is 6.54 Å². The first-order chi connectivity index (χ1) is 16.0. The number of anilines is 1. The molecule has 1 aliphatic heterocycles. The molecule has 0 atom stereocenters. The Morgan fingerprint density at radius 1 is 0.970 bits per heavy atom. The summed E-state index contributed by atoms with van der Waals surface area (Å²) in [7, 11) is 0. The second-order valence-electron chi connectivity index (χ2n) is 7.95. The van der Waals surface area contributed by atoms with Gasteiger partial charge in [-0.2, -0.15) is 0 Å². The van der Waals surface area contributed by atoms with Crippen molar-refractivity contribution in [2.75, 3.05) is 18.0 Å². The topological polar surface area (TPSA) is 74.3 Å². The molecule has 2 N–H and O–H groups in total. The summed E-state index contributed by atoms with van der Waals surface area (Å²) in [6.07, 6.45) is 4.69. The Labute approximate surface area is 190 Å². The molecule has 8 heteroatoms. The SMILES string of the molecule is O=C(NC1CCN(c2ccccc2C(=O)NCc2cccnc2)CC1)c1cc(F)cc(F)c1. The molecule has 0 saturated carbocycles. The van der Waals surface area contributed by atoms with Crippen molar-refractivity contribution in [1.29, 1.82) is 0 Å². The summed E-state index contributed by atoms with van der Waals surface area (Å²) in [5.41, 5.74) is 2.29. The Balaban J connectivity index is 1.36. The molecule has 33 heavy (non-hydrogen) atoms. The van der Waals surface area contributed by atoms with Crippen molar-refractivity contribution in [3.8, 4) is 0 Å². The van der Waals surface area contributed by atoms with Crippen molar-refractivity contribution in [2.24, 2.45) is 0 Å². The fraction of sp³-hybridized carbons (Fsp3) is 0.240. The van der Waals surface area contributed by atoms with Crippen molar-refractivity contribution >= 4 is 17.5 Å². The summed E-state index contributed by atoms with van der Waals surface area (Å²) in [6, 6.07) is 13.8. The van der Waals surface area contributed by atoms with Gasteiger partial charge in [0.1, 0.15) is 11.6 Å². The van der Waals surface area contributed by atoms with Crippen LogP contribution < -0.4 is 15.5 Å². The minimum atomic E-state index is -0.784. The summed E-state index contributed by atoms with van der Waals surface area (Å²) in [4.78, 5) is 31.4. The van der Waals surface area contributed by atoms with Gasteiger partial charge in [-0.25, -0.2) is 8.78 Å². The molecule has 0 aliphatic carbocycles. The molecule has 3 aromatic rings. The molecule has 170 valence electrons. The van der Waals surface area contributed by atoms with E-state index in [1.807, 2.05) is 30.3 Å². The Hall–Kier alpha value is -3.81. The van der Waals surface area contributed by atoms with Gasteiger partial charge in [0, 0.05) is 55.4 Å². The largest absolute Gasteiger partial charge is 0.371 e. The van der Waals surface area contributed by atoms with E-state index in [-0.39, 0.29) is 17.5 Å². The van der Waals surface area contributed by atoms with Gasteiger partial charge >= 0.3 is 0 Å². The second-order valence-corrected chi connectivity index (χ2v) is 7.95. The summed E-state index contributed by atoms with van der Waals surface area (Å²) in [5.74, 6) is -2.23. The lowest BCUT2D eigenvalue weighted by molar-refractivity contribution is 0.0928. The van der Waals surface area contributed by atoms with E-state index in [0.717, 1.165) is 29.4 Å². The van der Waals surface area contributed by atoms with E-state index in [1.165, 1.54) is 0 Å². The van der Waals surface area contributed by atoms with E-state index in [4.69, 9.17) is 0 Å². The lowest BCUT2D eigenvalue weighted by Gasteiger charge is -2.35. The van der Waals surface area contributed by atoms with Crippen LogP contribution in [0.25, 0.3) is 0 Å². The van der Waals surface area contributed by atoms with Crippen LogP contribution in [0.4, 0.5) is 14.5 Å². The first kappa shape index (κ1) is 22.4. The molecule has 1 fully saturated rings. The number of rotatable bonds is 6. The first-order valence-electron chi connectivity index (χ1n) is 10.8. The summed E-state index contributed by atoms with van der Waals surface area (Å²) in [6.45, 7) is 1.65. The highest BCUT2D eigenvalue weighted by Gasteiger charge is 2.24. The lowest BCUT2D eigenvalue weighted by atomic mass is 10.0. The number of benzene rings is 2. The van der Waals surface area contributed by atoms with Crippen LogP contribution in [0.5, 0.6) is 0 Å². The van der Waals surface area contributed by atoms with E-state index in [2.05, 4.69) is 20.5 Å². The van der Waals surface area contributed by atoms with E-state index >= 15 is 0 Å². The third-order valence-electron chi connectivity index (χ3n) is 5.62. The zero-order valence-corrected chi connectivity index (χ0v) is 17.9. The maximum absolute atomic E-state index is 13.4. The summed E-state index contributed by atoms with van der Waals surface area (Å²) in [5, 5.41) is 5.79. The fourth-order valence-corrected chi connectivity index (χ4v) is 3.94. The molecule has 2 heterocycles. The van der Waals surface area contributed by atoms with Gasteiger partial charge in [-0.3, -0.25) is 14.6 Å². The fourth-order valence-electron chi connectivity index (χ4n) is 3.94. The van der Waals surface area contributed by atoms with Crippen LogP contribution in [0.2, 0.25) is 0 Å². The van der Waals surface area contributed by atoms with Crippen molar-refractivity contribution in [1.82, 2.24) is 15.6 Å². The van der Waals surface area contributed by atoms with Crippen molar-refractivity contribution in [3.05, 3.63) is 95.3 Å². The Morgan fingerprint density at radius 2 is 1.70 bits per heavy atom. The van der Waals surface area contributed by atoms with E-state index in [1.54, 1.807) is 18.5 Å². The zero-order valence-electron chi connectivity index (χ0n) is 17.9. The quantitative estimate of drug-likeness (QED) is 0.601. The average Bonchev–Trinajstić information content (AvgIpc) is 2.83. The molecule has 2 aromatic carbocycles. The van der Waals surface area contributed by atoms with Crippen molar-refractivity contribution in [3.63, 3.8) is 0 Å². The molecule has 1 aromatic heterocycles. The lowest BCUT2D eigenvalue weighted by Crippen LogP contribution is -2.45. The van der Waals surface area contributed by atoms with E-state index in [0.29, 0.717) is 38.0 Å². The normalized spacial score (nSPS) is 14.1. The predicted octanol–water partition coefficient (Wildman–Crippen LogP) is 3.69. The third-order valence-corrected chi connectivity index (χ3v) is 5.62. The number of carbonyl (C=O) groups excluding carboxylic acids is 2. The molecule has 1 saturated heterocycles. The van der Waals surface area contributed by atoms with Gasteiger partial charge in [0.25, 0.3) is 11.8 Å². The number of amides is 2. The van der Waals surface area contributed by atoms with Crippen LogP contribution in [0, 0.1) is 11.6 Å². The number of aromatic nitrogens is 1. The van der Waals surface area contributed by atoms with Gasteiger partial charge in [0.2, 0.25) is 0 Å². The van der Waals surface area contributed by atoms with Gasteiger partial charge in [-0.05, 0) is 48.7 Å². The van der Waals surface area contributed by atoms with Gasteiger partial charge in [-0.15, -0.1) is 0 Å². The number of nitrogens with zero attached hydrogens (tertiary/aromatic N) is 2.